The number of rotatable bonds is 6. The number of hydrogen-bond acceptors (Lipinski definition) is 3. The Labute approximate surface area is 184 Å². The van der Waals surface area contributed by atoms with Crippen LogP contribution in [-0.4, -0.2) is 40.9 Å². The standard InChI is InChI=1S/C23H23ClF3N3O/c24-19-6-2-3-7-20(19)30-21(16-22(28-30)23(25,26)27)17-8-10-18(11-9-17)31-15-14-29-12-4-1-5-13-29/h2-3,6-11,16H,1,4-5,12-15H2. The zero-order chi connectivity index (χ0) is 21.8. The van der Waals surface area contributed by atoms with Crippen LogP contribution in [0.3, 0.4) is 0 Å². The molecule has 0 radical (unpaired) electrons. The highest BCUT2D eigenvalue weighted by Crippen LogP contribution is 2.35. The molecule has 164 valence electrons. The number of likely N-dealkylation sites (tertiary alicyclic amines) is 1. The number of ether oxygens (including phenoxy) is 1. The van der Waals surface area contributed by atoms with Crippen molar-refractivity contribution in [1.29, 1.82) is 0 Å². The molecule has 0 N–H and O–H groups in total. The van der Waals surface area contributed by atoms with E-state index in [4.69, 9.17) is 16.3 Å². The molecule has 4 rings (SSSR count). The fourth-order valence-electron chi connectivity index (χ4n) is 3.73. The lowest BCUT2D eigenvalue weighted by Crippen LogP contribution is -2.33. The highest BCUT2D eigenvalue weighted by atomic mass is 35.5. The Morgan fingerprint density at radius 2 is 1.68 bits per heavy atom. The maximum Gasteiger partial charge on any atom is 0.435 e. The first-order chi connectivity index (χ1) is 14.9. The number of alkyl halides is 3. The smallest absolute Gasteiger partial charge is 0.435 e. The fourth-order valence-corrected chi connectivity index (χ4v) is 3.95. The summed E-state index contributed by atoms with van der Waals surface area (Å²) in [6.07, 6.45) is -0.806. The first-order valence-corrected chi connectivity index (χ1v) is 10.7. The Balaban J connectivity index is 1.54. The molecule has 3 aromatic rings. The molecule has 0 saturated carbocycles. The summed E-state index contributed by atoms with van der Waals surface area (Å²) in [7, 11) is 0. The summed E-state index contributed by atoms with van der Waals surface area (Å²) in [5.41, 5.74) is 0.312. The van der Waals surface area contributed by atoms with Gasteiger partial charge < -0.3 is 4.74 Å². The van der Waals surface area contributed by atoms with Crippen LogP contribution in [0.1, 0.15) is 25.0 Å². The number of para-hydroxylation sites is 1. The molecule has 1 aliphatic rings. The summed E-state index contributed by atoms with van der Waals surface area (Å²) < 4.78 is 47.1. The Morgan fingerprint density at radius 3 is 2.35 bits per heavy atom. The predicted octanol–water partition coefficient (Wildman–Crippen LogP) is 6.08. The third-order valence-corrected chi connectivity index (χ3v) is 5.68. The highest BCUT2D eigenvalue weighted by molar-refractivity contribution is 6.32. The first kappa shape index (κ1) is 21.7. The summed E-state index contributed by atoms with van der Waals surface area (Å²) in [4.78, 5) is 2.39. The van der Waals surface area contributed by atoms with Crippen molar-refractivity contribution < 1.29 is 17.9 Å². The molecule has 2 aromatic carbocycles. The Morgan fingerprint density at radius 1 is 0.968 bits per heavy atom. The molecule has 0 atom stereocenters. The van der Waals surface area contributed by atoms with Gasteiger partial charge in [0.15, 0.2) is 5.69 Å². The molecule has 0 unspecified atom stereocenters. The third-order valence-electron chi connectivity index (χ3n) is 5.36. The van der Waals surface area contributed by atoms with Gasteiger partial charge >= 0.3 is 6.18 Å². The van der Waals surface area contributed by atoms with E-state index < -0.39 is 11.9 Å². The van der Waals surface area contributed by atoms with Crippen LogP contribution in [0.15, 0.2) is 54.6 Å². The minimum atomic E-state index is -4.56. The molecule has 1 saturated heterocycles. The SMILES string of the molecule is FC(F)(F)c1cc(-c2ccc(OCCN3CCCCC3)cc2)n(-c2ccccc2Cl)n1. The number of aromatic nitrogens is 2. The molecule has 31 heavy (non-hydrogen) atoms. The lowest BCUT2D eigenvalue weighted by Gasteiger charge is -2.26. The number of halogens is 4. The van der Waals surface area contributed by atoms with Gasteiger partial charge in [-0.2, -0.15) is 18.3 Å². The lowest BCUT2D eigenvalue weighted by molar-refractivity contribution is -0.141. The molecule has 2 heterocycles. The molecule has 4 nitrogen and oxygen atoms in total. The van der Waals surface area contributed by atoms with Crippen molar-refractivity contribution in [3.05, 3.63) is 65.3 Å². The summed E-state index contributed by atoms with van der Waals surface area (Å²) in [5, 5.41) is 4.10. The molecule has 1 aromatic heterocycles. The van der Waals surface area contributed by atoms with Crippen LogP contribution in [0.4, 0.5) is 13.2 Å². The van der Waals surface area contributed by atoms with E-state index in [-0.39, 0.29) is 0 Å². The van der Waals surface area contributed by atoms with Gasteiger partial charge in [0.25, 0.3) is 0 Å². The van der Waals surface area contributed by atoms with Gasteiger partial charge in [-0.3, -0.25) is 4.90 Å². The van der Waals surface area contributed by atoms with Crippen LogP contribution in [-0.2, 0) is 6.18 Å². The van der Waals surface area contributed by atoms with Crippen molar-refractivity contribution in [1.82, 2.24) is 14.7 Å². The van der Waals surface area contributed by atoms with E-state index in [0.717, 1.165) is 25.7 Å². The number of nitrogens with zero attached hydrogens (tertiary/aromatic N) is 3. The summed E-state index contributed by atoms with van der Waals surface area (Å²) >= 11 is 6.22. The van der Waals surface area contributed by atoms with Gasteiger partial charge in [-0.25, -0.2) is 4.68 Å². The zero-order valence-corrected chi connectivity index (χ0v) is 17.7. The Hall–Kier alpha value is -2.51. The number of benzene rings is 2. The molecule has 0 aliphatic carbocycles. The van der Waals surface area contributed by atoms with Crippen molar-refractivity contribution in [3.8, 4) is 22.7 Å². The Kier molecular flexibility index (Phi) is 6.53. The Bertz CT molecular complexity index is 1010. The first-order valence-electron chi connectivity index (χ1n) is 10.3. The van der Waals surface area contributed by atoms with Gasteiger partial charge in [0, 0.05) is 12.1 Å². The maximum absolute atomic E-state index is 13.3. The summed E-state index contributed by atoms with van der Waals surface area (Å²) in [5.74, 6) is 0.681. The van der Waals surface area contributed by atoms with E-state index in [1.165, 1.54) is 23.9 Å². The van der Waals surface area contributed by atoms with Crippen LogP contribution in [0.5, 0.6) is 5.75 Å². The van der Waals surface area contributed by atoms with Crippen LogP contribution in [0.25, 0.3) is 16.9 Å². The molecular weight excluding hydrogens is 427 g/mol. The minimum absolute atomic E-state index is 0.306. The van der Waals surface area contributed by atoms with Crippen molar-refractivity contribution >= 4 is 11.6 Å². The molecule has 0 amide bonds. The van der Waals surface area contributed by atoms with Crippen LogP contribution < -0.4 is 4.74 Å². The molecule has 0 spiro atoms. The maximum atomic E-state index is 13.3. The van der Waals surface area contributed by atoms with Gasteiger partial charge in [-0.1, -0.05) is 30.2 Å². The molecule has 1 aliphatic heterocycles. The average Bonchev–Trinajstić information content (AvgIpc) is 3.21. The van der Waals surface area contributed by atoms with Gasteiger partial charge in [-0.05, 0) is 68.4 Å². The van der Waals surface area contributed by atoms with E-state index in [1.807, 2.05) is 0 Å². The normalized spacial score (nSPS) is 15.2. The third kappa shape index (κ3) is 5.22. The fraction of sp³-hybridized carbons (Fsp3) is 0.348. The van der Waals surface area contributed by atoms with Gasteiger partial charge in [-0.15, -0.1) is 0 Å². The van der Waals surface area contributed by atoms with Crippen LogP contribution in [0.2, 0.25) is 5.02 Å². The van der Waals surface area contributed by atoms with Gasteiger partial charge in [0.1, 0.15) is 12.4 Å². The number of hydrogen-bond donors (Lipinski definition) is 0. The zero-order valence-electron chi connectivity index (χ0n) is 16.9. The minimum Gasteiger partial charge on any atom is -0.492 e. The lowest BCUT2D eigenvalue weighted by atomic mass is 10.1. The monoisotopic (exact) mass is 449 g/mol. The summed E-state index contributed by atoms with van der Waals surface area (Å²) in [6, 6.07) is 14.7. The van der Waals surface area contributed by atoms with Crippen molar-refractivity contribution in [2.24, 2.45) is 0 Å². The molecule has 0 bridgehead atoms. The molecular formula is C23H23ClF3N3O. The summed E-state index contributed by atoms with van der Waals surface area (Å²) in [6.45, 7) is 3.66. The second-order valence-electron chi connectivity index (χ2n) is 7.55. The van der Waals surface area contributed by atoms with E-state index in [9.17, 15) is 13.2 Å². The van der Waals surface area contributed by atoms with E-state index in [0.29, 0.717) is 34.3 Å². The second kappa shape index (κ2) is 9.32. The molecule has 8 heteroatoms. The van der Waals surface area contributed by atoms with Gasteiger partial charge in [0.05, 0.1) is 16.4 Å². The van der Waals surface area contributed by atoms with Gasteiger partial charge in [0.2, 0.25) is 0 Å². The quantitative estimate of drug-likeness (QED) is 0.457. The van der Waals surface area contributed by atoms with E-state index in [2.05, 4.69) is 10.00 Å². The highest BCUT2D eigenvalue weighted by Gasteiger charge is 2.35. The second-order valence-corrected chi connectivity index (χ2v) is 7.96. The van der Waals surface area contributed by atoms with E-state index in [1.54, 1.807) is 48.5 Å². The largest absolute Gasteiger partial charge is 0.492 e. The van der Waals surface area contributed by atoms with E-state index >= 15 is 0 Å². The topological polar surface area (TPSA) is 30.3 Å². The molecule has 1 fully saturated rings. The average molecular weight is 450 g/mol. The van der Waals surface area contributed by atoms with Crippen molar-refractivity contribution in [3.63, 3.8) is 0 Å². The van der Waals surface area contributed by atoms with Crippen LogP contribution in [0, 0.1) is 0 Å². The number of piperidine rings is 1. The van der Waals surface area contributed by atoms with Crippen molar-refractivity contribution in [2.45, 2.75) is 25.4 Å². The van der Waals surface area contributed by atoms with Crippen LogP contribution >= 0.6 is 11.6 Å². The van der Waals surface area contributed by atoms with Crippen molar-refractivity contribution in [2.75, 3.05) is 26.2 Å². The predicted molar refractivity (Wildman–Crippen MR) is 115 cm³/mol.